The first-order chi connectivity index (χ1) is 11.2. The van der Waals surface area contributed by atoms with Crippen LogP contribution in [0.15, 0.2) is 17.8 Å². The van der Waals surface area contributed by atoms with E-state index in [4.69, 9.17) is 4.74 Å². The van der Waals surface area contributed by atoms with Gasteiger partial charge in [-0.05, 0) is 38.2 Å². The number of aromatic nitrogens is 2. The molecule has 2 heterocycles. The number of hydrogen-bond acceptors (Lipinski definition) is 3. The maximum atomic E-state index is 12.5. The number of fused-ring (bicyclic) bond motifs is 1. The molecule has 0 unspecified atom stereocenters. The number of nitrogens with zero attached hydrogens (tertiary/aromatic N) is 3. The lowest BCUT2D eigenvalue weighted by Crippen LogP contribution is -2.44. The van der Waals surface area contributed by atoms with Gasteiger partial charge >= 0.3 is 6.03 Å². The highest BCUT2D eigenvalue weighted by Crippen LogP contribution is 2.28. The molecule has 126 valence electrons. The van der Waals surface area contributed by atoms with Crippen molar-refractivity contribution in [3.8, 4) is 0 Å². The van der Waals surface area contributed by atoms with Crippen LogP contribution in [-0.4, -0.2) is 47.5 Å². The summed E-state index contributed by atoms with van der Waals surface area (Å²) in [7, 11) is 1.70. The summed E-state index contributed by atoms with van der Waals surface area (Å²) in [6, 6.07) is 0.0583. The molecule has 1 aliphatic carbocycles. The summed E-state index contributed by atoms with van der Waals surface area (Å²) in [5.41, 5.74) is 3.55. The molecule has 2 amide bonds. The first-order valence-electron chi connectivity index (χ1n) is 8.43. The number of ether oxygens (including phenoxy) is 1. The molecule has 0 spiro atoms. The molecular weight excluding hydrogens is 292 g/mol. The fourth-order valence-electron chi connectivity index (χ4n) is 3.36. The van der Waals surface area contributed by atoms with Gasteiger partial charge in [-0.1, -0.05) is 11.6 Å². The van der Waals surface area contributed by atoms with E-state index in [0.717, 1.165) is 51.0 Å². The van der Waals surface area contributed by atoms with Gasteiger partial charge in [0.1, 0.15) is 0 Å². The SMILES string of the molecule is COCCn1cc2c(n1)[C@@H](NC(=O)N1CCC=C(C)C1)CCC2. The lowest BCUT2D eigenvalue weighted by Gasteiger charge is -2.30. The predicted molar refractivity (Wildman–Crippen MR) is 88.3 cm³/mol. The fourth-order valence-corrected chi connectivity index (χ4v) is 3.36. The van der Waals surface area contributed by atoms with Crippen molar-refractivity contribution in [2.75, 3.05) is 26.8 Å². The maximum absolute atomic E-state index is 12.5. The molecule has 0 aromatic carbocycles. The minimum absolute atomic E-state index is 0.0289. The predicted octanol–water partition coefficient (Wildman–Crippen LogP) is 2.27. The van der Waals surface area contributed by atoms with E-state index in [-0.39, 0.29) is 12.1 Å². The van der Waals surface area contributed by atoms with E-state index in [0.29, 0.717) is 6.61 Å². The van der Waals surface area contributed by atoms with Crippen molar-refractivity contribution >= 4 is 6.03 Å². The van der Waals surface area contributed by atoms with Gasteiger partial charge in [0.05, 0.1) is 24.9 Å². The van der Waals surface area contributed by atoms with Crippen LogP contribution in [0.5, 0.6) is 0 Å². The second-order valence-corrected chi connectivity index (χ2v) is 6.45. The van der Waals surface area contributed by atoms with Crippen molar-refractivity contribution in [1.29, 1.82) is 0 Å². The first kappa shape index (κ1) is 16.1. The Kier molecular flexibility index (Phi) is 5.00. The summed E-state index contributed by atoms with van der Waals surface area (Å²) in [5, 5.41) is 7.86. The molecule has 1 aliphatic heterocycles. The van der Waals surface area contributed by atoms with Gasteiger partial charge < -0.3 is 15.0 Å². The Balaban J connectivity index is 1.66. The number of methoxy groups -OCH3 is 1. The third-order valence-electron chi connectivity index (χ3n) is 4.58. The third-order valence-corrected chi connectivity index (χ3v) is 4.58. The Hall–Kier alpha value is -1.82. The summed E-state index contributed by atoms with van der Waals surface area (Å²) < 4.78 is 7.05. The van der Waals surface area contributed by atoms with Crippen LogP contribution in [0.1, 0.15) is 43.5 Å². The molecule has 6 heteroatoms. The maximum Gasteiger partial charge on any atom is 0.318 e. The Morgan fingerprint density at radius 1 is 1.52 bits per heavy atom. The van der Waals surface area contributed by atoms with Gasteiger partial charge in [0, 0.05) is 26.4 Å². The first-order valence-corrected chi connectivity index (χ1v) is 8.43. The molecule has 0 radical (unpaired) electrons. The molecule has 0 saturated heterocycles. The molecular formula is C17H26N4O2. The monoisotopic (exact) mass is 318 g/mol. The Labute approximate surface area is 137 Å². The molecule has 1 aromatic heterocycles. The van der Waals surface area contributed by atoms with E-state index in [1.54, 1.807) is 7.11 Å². The highest BCUT2D eigenvalue weighted by molar-refractivity contribution is 5.75. The fraction of sp³-hybridized carbons (Fsp3) is 0.647. The molecule has 1 N–H and O–H groups in total. The van der Waals surface area contributed by atoms with E-state index in [2.05, 4.69) is 29.6 Å². The van der Waals surface area contributed by atoms with Gasteiger partial charge in [0.2, 0.25) is 0 Å². The number of carbonyl (C=O) groups is 1. The minimum atomic E-state index is 0.0289. The zero-order valence-electron chi connectivity index (χ0n) is 14.0. The smallest absolute Gasteiger partial charge is 0.318 e. The number of nitrogens with one attached hydrogen (secondary N) is 1. The van der Waals surface area contributed by atoms with Crippen molar-refractivity contribution in [2.24, 2.45) is 0 Å². The van der Waals surface area contributed by atoms with Crippen LogP contribution in [-0.2, 0) is 17.7 Å². The number of urea groups is 1. The van der Waals surface area contributed by atoms with E-state index in [9.17, 15) is 4.79 Å². The average Bonchev–Trinajstić information content (AvgIpc) is 2.97. The molecule has 0 saturated carbocycles. The Morgan fingerprint density at radius 2 is 2.39 bits per heavy atom. The van der Waals surface area contributed by atoms with Gasteiger partial charge in [0.15, 0.2) is 0 Å². The van der Waals surface area contributed by atoms with Crippen molar-refractivity contribution < 1.29 is 9.53 Å². The van der Waals surface area contributed by atoms with Crippen LogP contribution >= 0.6 is 0 Å². The molecule has 6 nitrogen and oxygen atoms in total. The van der Waals surface area contributed by atoms with Gasteiger partial charge in [0.25, 0.3) is 0 Å². The van der Waals surface area contributed by atoms with Gasteiger partial charge in [-0.2, -0.15) is 5.10 Å². The van der Waals surface area contributed by atoms with Crippen LogP contribution in [0.4, 0.5) is 4.79 Å². The zero-order valence-corrected chi connectivity index (χ0v) is 14.0. The van der Waals surface area contributed by atoms with E-state index in [1.807, 2.05) is 9.58 Å². The van der Waals surface area contributed by atoms with Gasteiger partial charge in [-0.3, -0.25) is 4.68 Å². The van der Waals surface area contributed by atoms with Gasteiger partial charge in [-0.15, -0.1) is 0 Å². The second-order valence-electron chi connectivity index (χ2n) is 6.45. The highest BCUT2D eigenvalue weighted by Gasteiger charge is 2.27. The van der Waals surface area contributed by atoms with Crippen molar-refractivity contribution in [2.45, 2.75) is 45.2 Å². The van der Waals surface area contributed by atoms with Crippen LogP contribution in [0.25, 0.3) is 0 Å². The summed E-state index contributed by atoms with van der Waals surface area (Å²) in [6.45, 7) is 5.01. The minimum Gasteiger partial charge on any atom is -0.383 e. The summed E-state index contributed by atoms with van der Waals surface area (Å²) in [6.07, 6.45) is 8.34. The average molecular weight is 318 g/mol. The molecule has 0 bridgehead atoms. The van der Waals surface area contributed by atoms with Crippen molar-refractivity contribution in [1.82, 2.24) is 20.0 Å². The van der Waals surface area contributed by atoms with E-state index < -0.39 is 0 Å². The molecule has 1 atom stereocenters. The standard InChI is InChI=1S/C17H26N4O2/c1-13-5-4-8-20(11-13)17(22)18-15-7-3-6-14-12-21(9-10-23-2)19-16(14)15/h5,12,15H,3-4,6-11H2,1-2H3,(H,18,22)/t15-/m0/s1. The quantitative estimate of drug-likeness (QED) is 0.866. The largest absolute Gasteiger partial charge is 0.383 e. The summed E-state index contributed by atoms with van der Waals surface area (Å²) >= 11 is 0. The molecule has 3 rings (SSSR count). The Morgan fingerprint density at radius 3 is 3.17 bits per heavy atom. The molecule has 2 aliphatic rings. The molecule has 1 aromatic rings. The summed E-state index contributed by atoms with van der Waals surface area (Å²) in [5.74, 6) is 0. The highest BCUT2D eigenvalue weighted by atomic mass is 16.5. The van der Waals surface area contributed by atoms with E-state index in [1.165, 1.54) is 11.1 Å². The van der Waals surface area contributed by atoms with Crippen LogP contribution in [0, 0.1) is 0 Å². The number of rotatable bonds is 4. The summed E-state index contributed by atoms with van der Waals surface area (Å²) in [4.78, 5) is 14.4. The van der Waals surface area contributed by atoms with Crippen LogP contribution < -0.4 is 5.32 Å². The topological polar surface area (TPSA) is 59.4 Å². The molecule has 0 fully saturated rings. The lowest BCUT2D eigenvalue weighted by atomic mass is 9.94. The second kappa shape index (κ2) is 7.17. The molecule has 23 heavy (non-hydrogen) atoms. The zero-order chi connectivity index (χ0) is 16.2. The lowest BCUT2D eigenvalue weighted by molar-refractivity contribution is 0.183. The van der Waals surface area contributed by atoms with Crippen LogP contribution in [0.2, 0.25) is 0 Å². The van der Waals surface area contributed by atoms with Crippen molar-refractivity contribution in [3.63, 3.8) is 0 Å². The Bertz CT molecular complexity index is 593. The number of amides is 2. The van der Waals surface area contributed by atoms with Crippen LogP contribution in [0.3, 0.4) is 0 Å². The normalized spacial score (nSPS) is 20.9. The van der Waals surface area contributed by atoms with Gasteiger partial charge in [-0.25, -0.2) is 4.79 Å². The van der Waals surface area contributed by atoms with Crippen molar-refractivity contribution in [3.05, 3.63) is 29.1 Å². The number of carbonyl (C=O) groups excluding carboxylic acids is 1. The third kappa shape index (κ3) is 3.75. The number of aryl methyl sites for hydroxylation is 1. The number of hydrogen-bond donors (Lipinski definition) is 1. The van der Waals surface area contributed by atoms with E-state index >= 15 is 0 Å².